The van der Waals surface area contributed by atoms with E-state index in [2.05, 4.69) is 17.1 Å². The quantitative estimate of drug-likeness (QED) is 0.450. The lowest BCUT2D eigenvalue weighted by Crippen LogP contribution is -1.93. The number of carbonyl (C=O) groups is 1. The Labute approximate surface area is 129 Å². The largest absolute Gasteiger partial charge is 0.481 e. The number of rotatable bonds is 14. The van der Waals surface area contributed by atoms with Crippen molar-refractivity contribution >= 4 is 11.7 Å². The first-order chi connectivity index (χ1) is 10.3. The fourth-order valence-corrected chi connectivity index (χ4v) is 2.75. The van der Waals surface area contributed by atoms with Gasteiger partial charge in [0.15, 0.2) is 0 Å². The molecule has 0 aromatic carbocycles. The maximum absolute atomic E-state index is 10.3. The highest BCUT2D eigenvalue weighted by atomic mass is 16.4. The summed E-state index contributed by atoms with van der Waals surface area (Å²) in [7, 11) is 0. The molecule has 1 aliphatic heterocycles. The van der Waals surface area contributed by atoms with Gasteiger partial charge < -0.3 is 5.11 Å². The zero-order valence-electron chi connectivity index (χ0n) is 13.4. The van der Waals surface area contributed by atoms with Gasteiger partial charge in [0, 0.05) is 12.1 Å². The molecule has 0 spiro atoms. The lowest BCUT2D eigenvalue weighted by atomic mass is 10.0. The van der Waals surface area contributed by atoms with Gasteiger partial charge in [0.2, 0.25) is 0 Å². The molecule has 3 nitrogen and oxygen atoms in total. The molecule has 1 N–H and O–H groups in total. The maximum Gasteiger partial charge on any atom is 0.303 e. The van der Waals surface area contributed by atoms with Crippen LogP contribution in [0.1, 0.15) is 83.5 Å². The Kier molecular flexibility index (Phi) is 10.8. The summed E-state index contributed by atoms with van der Waals surface area (Å²) in [6, 6.07) is 0. The standard InChI is InChI=1S/C18H31NO2/c20-18(21)15-11-9-7-5-3-1-2-4-6-8-10-13-17-14-12-16-19-17/h12,14H,1-11,13,15-16H2,(H,20,21). The number of hydrogen-bond donors (Lipinski definition) is 1. The van der Waals surface area contributed by atoms with Crippen molar-refractivity contribution in [2.75, 3.05) is 6.54 Å². The average Bonchev–Trinajstić information content (AvgIpc) is 2.97. The molecule has 0 bridgehead atoms. The molecule has 21 heavy (non-hydrogen) atoms. The summed E-state index contributed by atoms with van der Waals surface area (Å²) >= 11 is 0. The molecule has 1 aliphatic rings. The predicted octanol–water partition coefficient (Wildman–Crippen LogP) is 5.15. The van der Waals surface area contributed by atoms with Crippen LogP contribution in [0.15, 0.2) is 17.1 Å². The summed E-state index contributed by atoms with van der Waals surface area (Å²) in [5.41, 5.74) is 1.29. The average molecular weight is 293 g/mol. The second-order valence-corrected chi connectivity index (χ2v) is 6.02. The van der Waals surface area contributed by atoms with Crippen LogP contribution >= 0.6 is 0 Å². The van der Waals surface area contributed by atoms with Crippen LogP contribution in [0.5, 0.6) is 0 Å². The van der Waals surface area contributed by atoms with Gasteiger partial charge in [0.1, 0.15) is 0 Å². The van der Waals surface area contributed by atoms with Crippen LogP contribution < -0.4 is 0 Å². The normalized spacial score (nSPS) is 13.6. The SMILES string of the molecule is O=C(O)CCCCCCCCCCCCCC1=NCC=C1. The number of unbranched alkanes of at least 4 members (excludes halogenated alkanes) is 10. The Hall–Kier alpha value is -1.12. The zero-order valence-corrected chi connectivity index (χ0v) is 13.4. The predicted molar refractivity (Wildman–Crippen MR) is 89.1 cm³/mol. The first-order valence-electron chi connectivity index (χ1n) is 8.70. The third-order valence-electron chi connectivity index (χ3n) is 4.03. The van der Waals surface area contributed by atoms with Crippen molar-refractivity contribution in [2.45, 2.75) is 83.5 Å². The van der Waals surface area contributed by atoms with E-state index in [4.69, 9.17) is 5.11 Å². The third-order valence-corrected chi connectivity index (χ3v) is 4.03. The van der Waals surface area contributed by atoms with Gasteiger partial charge in [-0.3, -0.25) is 9.79 Å². The first kappa shape index (κ1) is 17.9. The molecule has 0 aromatic rings. The van der Waals surface area contributed by atoms with Crippen molar-refractivity contribution < 1.29 is 9.90 Å². The molecule has 0 radical (unpaired) electrons. The lowest BCUT2D eigenvalue weighted by Gasteiger charge is -2.03. The Morgan fingerprint density at radius 1 is 0.905 bits per heavy atom. The van der Waals surface area contributed by atoms with Crippen molar-refractivity contribution in [1.29, 1.82) is 0 Å². The highest BCUT2D eigenvalue weighted by Gasteiger charge is 1.99. The van der Waals surface area contributed by atoms with E-state index in [1.807, 2.05) is 0 Å². The van der Waals surface area contributed by atoms with Crippen molar-refractivity contribution in [1.82, 2.24) is 0 Å². The minimum atomic E-state index is -0.661. The molecule has 0 atom stereocenters. The van der Waals surface area contributed by atoms with E-state index < -0.39 is 5.97 Å². The van der Waals surface area contributed by atoms with E-state index >= 15 is 0 Å². The minimum absolute atomic E-state index is 0.336. The van der Waals surface area contributed by atoms with E-state index in [0.29, 0.717) is 6.42 Å². The number of nitrogens with zero attached hydrogens (tertiary/aromatic N) is 1. The molecule has 0 fully saturated rings. The summed E-state index contributed by atoms with van der Waals surface area (Å²) in [6.45, 7) is 0.894. The monoisotopic (exact) mass is 293 g/mol. The molecule has 0 saturated heterocycles. The number of carboxylic acid groups (broad SMARTS) is 1. The van der Waals surface area contributed by atoms with Crippen LogP contribution in [0.25, 0.3) is 0 Å². The van der Waals surface area contributed by atoms with Crippen molar-refractivity contribution in [3.8, 4) is 0 Å². The topological polar surface area (TPSA) is 49.7 Å². The van der Waals surface area contributed by atoms with Gasteiger partial charge in [-0.1, -0.05) is 63.9 Å². The fourth-order valence-electron chi connectivity index (χ4n) is 2.75. The molecule has 0 unspecified atom stereocenters. The summed E-state index contributed by atoms with van der Waals surface area (Å²) in [5.74, 6) is -0.661. The summed E-state index contributed by atoms with van der Waals surface area (Å²) in [6.07, 6.45) is 19.5. The number of allylic oxidation sites excluding steroid dienone is 1. The molecular formula is C18H31NO2. The van der Waals surface area contributed by atoms with E-state index in [0.717, 1.165) is 25.8 Å². The van der Waals surface area contributed by atoms with Gasteiger partial charge in [-0.2, -0.15) is 0 Å². The van der Waals surface area contributed by atoms with Gasteiger partial charge in [-0.05, 0) is 25.3 Å². The smallest absolute Gasteiger partial charge is 0.303 e. The first-order valence-corrected chi connectivity index (χ1v) is 8.70. The van der Waals surface area contributed by atoms with Gasteiger partial charge in [0.05, 0.1) is 6.54 Å². The molecule has 0 saturated carbocycles. The third kappa shape index (κ3) is 11.2. The number of aliphatic imine (C=N–C) groups is 1. The van der Waals surface area contributed by atoms with Crippen molar-refractivity contribution in [2.24, 2.45) is 4.99 Å². The molecule has 0 aliphatic carbocycles. The summed E-state index contributed by atoms with van der Waals surface area (Å²) in [4.78, 5) is 14.8. The molecule has 0 aromatic heterocycles. The lowest BCUT2D eigenvalue weighted by molar-refractivity contribution is -0.137. The molecule has 120 valence electrons. The van der Waals surface area contributed by atoms with Crippen LogP contribution in [-0.2, 0) is 4.79 Å². The van der Waals surface area contributed by atoms with Gasteiger partial charge >= 0.3 is 5.97 Å². The molecule has 1 heterocycles. The van der Waals surface area contributed by atoms with E-state index in [9.17, 15) is 4.79 Å². The van der Waals surface area contributed by atoms with Crippen LogP contribution in [-0.4, -0.2) is 23.3 Å². The zero-order chi connectivity index (χ0) is 15.2. The van der Waals surface area contributed by atoms with Crippen LogP contribution in [0, 0.1) is 0 Å². The molecule has 3 heteroatoms. The number of carboxylic acids is 1. The second kappa shape index (κ2) is 12.6. The van der Waals surface area contributed by atoms with Crippen LogP contribution in [0.2, 0.25) is 0 Å². The van der Waals surface area contributed by atoms with Gasteiger partial charge in [-0.25, -0.2) is 0 Å². The molecule has 1 rings (SSSR count). The number of aliphatic carboxylic acids is 1. The highest BCUT2D eigenvalue weighted by molar-refractivity contribution is 5.96. The van der Waals surface area contributed by atoms with E-state index in [1.165, 1.54) is 63.5 Å². The van der Waals surface area contributed by atoms with E-state index in [1.54, 1.807) is 0 Å². The molecule has 0 amide bonds. The van der Waals surface area contributed by atoms with Crippen LogP contribution in [0.3, 0.4) is 0 Å². The summed E-state index contributed by atoms with van der Waals surface area (Å²) in [5, 5.41) is 8.53. The van der Waals surface area contributed by atoms with E-state index in [-0.39, 0.29) is 0 Å². The summed E-state index contributed by atoms with van der Waals surface area (Å²) < 4.78 is 0. The highest BCUT2D eigenvalue weighted by Crippen LogP contribution is 2.13. The second-order valence-electron chi connectivity index (χ2n) is 6.02. The van der Waals surface area contributed by atoms with Gasteiger partial charge in [0.25, 0.3) is 0 Å². The van der Waals surface area contributed by atoms with Crippen molar-refractivity contribution in [3.63, 3.8) is 0 Å². The Balaban J connectivity index is 1.70. The molecular weight excluding hydrogens is 262 g/mol. The number of hydrogen-bond acceptors (Lipinski definition) is 2. The minimum Gasteiger partial charge on any atom is -0.481 e. The van der Waals surface area contributed by atoms with Crippen LogP contribution in [0.4, 0.5) is 0 Å². The fraction of sp³-hybridized carbons (Fsp3) is 0.778. The van der Waals surface area contributed by atoms with Gasteiger partial charge in [-0.15, -0.1) is 0 Å². The Morgan fingerprint density at radius 2 is 1.43 bits per heavy atom. The maximum atomic E-state index is 10.3. The Morgan fingerprint density at radius 3 is 1.90 bits per heavy atom. The van der Waals surface area contributed by atoms with Crippen molar-refractivity contribution in [3.05, 3.63) is 12.2 Å². The Bertz CT molecular complexity index is 334.